The fraction of sp³-hybridized carbons (Fsp3) is 0.400. The summed E-state index contributed by atoms with van der Waals surface area (Å²) in [5.74, 6) is 0. The Bertz CT molecular complexity index is 522. The van der Waals surface area contributed by atoms with Crippen molar-refractivity contribution >= 4 is 11.6 Å². The lowest BCUT2D eigenvalue weighted by molar-refractivity contribution is 0.529. The van der Waals surface area contributed by atoms with E-state index in [1.54, 1.807) is 0 Å². The number of nitrogens with one attached hydrogen (secondary N) is 1. The maximum absolute atomic E-state index is 6.09. The van der Waals surface area contributed by atoms with Gasteiger partial charge in [-0.15, -0.1) is 0 Å². The van der Waals surface area contributed by atoms with E-state index in [0.29, 0.717) is 0 Å². The van der Waals surface area contributed by atoms with Crippen LogP contribution < -0.4 is 5.32 Å². The van der Waals surface area contributed by atoms with Crippen LogP contribution in [0.4, 0.5) is 0 Å². The summed E-state index contributed by atoms with van der Waals surface area (Å²) < 4.78 is 1.84. The molecule has 0 aliphatic carbocycles. The van der Waals surface area contributed by atoms with E-state index in [2.05, 4.69) is 29.6 Å². The molecular weight excluding hydrogens is 258 g/mol. The van der Waals surface area contributed by atoms with Gasteiger partial charge < -0.3 is 5.32 Å². The quantitative estimate of drug-likeness (QED) is 0.877. The van der Waals surface area contributed by atoms with Crippen molar-refractivity contribution in [2.24, 2.45) is 7.05 Å². The normalized spacial score (nSPS) is 12.6. The number of halogens is 1. The molecule has 0 radical (unpaired) electrons. The van der Waals surface area contributed by atoms with Crippen molar-refractivity contribution in [1.82, 2.24) is 15.1 Å². The summed E-state index contributed by atoms with van der Waals surface area (Å²) in [4.78, 5) is 0. The van der Waals surface area contributed by atoms with Gasteiger partial charge in [0.1, 0.15) is 0 Å². The van der Waals surface area contributed by atoms with E-state index in [4.69, 9.17) is 11.6 Å². The highest BCUT2D eigenvalue weighted by molar-refractivity contribution is 6.30. The van der Waals surface area contributed by atoms with Crippen molar-refractivity contribution < 1.29 is 0 Å². The third kappa shape index (κ3) is 4.08. The van der Waals surface area contributed by atoms with Crippen LogP contribution >= 0.6 is 11.6 Å². The van der Waals surface area contributed by atoms with Crippen molar-refractivity contribution in [3.05, 3.63) is 52.8 Å². The molecule has 0 bridgehead atoms. The molecular formula is C15H20ClN3. The summed E-state index contributed by atoms with van der Waals surface area (Å²) >= 11 is 6.09. The molecule has 19 heavy (non-hydrogen) atoms. The van der Waals surface area contributed by atoms with Crippen molar-refractivity contribution in [1.29, 1.82) is 0 Å². The smallest absolute Gasteiger partial charge is 0.0522 e. The lowest BCUT2D eigenvalue weighted by Gasteiger charge is -2.18. The monoisotopic (exact) mass is 277 g/mol. The minimum atomic E-state index is 0.280. The average molecular weight is 278 g/mol. The molecule has 0 aliphatic heterocycles. The van der Waals surface area contributed by atoms with Gasteiger partial charge in [-0.1, -0.05) is 30.7 Å². The minimum absolute atomic E-state index is 0.280. The lowest BCUT2D eigenvalue weighted by atomic mass is 10.0. The number of rotatable bonds is 6. The molecule has 1 heterocycles. The second kappa shape index (κ2) is 6.73. The molecule has 1 unspecified atom stereocenters. The van der Waals surface area contributed by atoms with Crippen molar-refractivity contribution in [3.8, 4) is 0 Å². The van der Waals surface area contributed by atoms with Crippen LogP contribution in [0.1, 0.15) is 30.5 Å². The van der Waals surface area contributed by atoms with Crippen LogP contribution in [-0.4, -0.2) is 16.3 Å². The molecule has 1 aromatic heterocycles. The molecule has 0 amide bonds. The predicted octanol–water partition coefficient (Wildman–Crippen LogP) is 3.36. The molecule has 0 spiro atoms. The van der Waals surface area contributed by atoms with Crippen LogP contribution in [0.2, 0.25) is 5.02 Å². The first-order valence-corrected chi connectivity index (χ1v) is 7.03. The van der Waals surface area contributed by atoms with Crippen molar-refractivity contribution in [2.75, 3.05) is 6.54 Å². The number of benzene rings is 1. The second-order valence-electron chi connectivity index (χ2n) is 4.79. The maximum atomic E-state index is 6.09. The third-order valence-corrected chi connectivity index (χ3v) is 3.33. The summed E-state index contributed by atoms with van der Waals surface area (Å²) in [7, 11) is 1.94. The summed E-state index contributed by atoms with van der Waals surface area (Å²) in [6, 6.07) is 8.34. The van der Waals surface area contributed by atoms with Gasteiger partial charge in [-0.25, -0.2) is 0 Å². The Labute approximate surface area is 119 Å². The minimum Gasteiger partial charge on any atom is -0.310 e. The van der Waals surface area contributed by atoms with E-state index >= 15 is 0 Å². The topological polar surface area (TPSA) is 29.9 Å². The van der Waals surface area contributed by atoms with Gasteiger partial charge >= 0.3 is 0 Å². The zero-order valence-corrected chi connectivity index (χ0v) is 12.2. The summed E-state index contributed by atoms with van der Waals surface area (Å²) in [6.45, 7) is 3.17. The lowest BCUT2D eigenvalue weighted by Crippen LogP contribution is -2.24. The fourth-order valence-corrected chi connectivity index (χ4v) is 2.36. The van der Waals surface area contributed by atoms with E-state index in [0.717, 1.165) is 24.4 Å². The Hall–Kier alpha value is -1.32. The first kappa shape index (κ1) is 14.1. The summed E-state index contributed by atoms with van der Waals surface area (Å²) in [6.07, 6.45) is 6.02. The van der Waals surface area contributed by atoms with E-state index in [9.17, 15) is 0 Å². The van der Waals surface area contributed by atoms with Crippen molar-refractivity contribution in [2.45, 2.75) is 25.8 Å². The molecule has 1 atom stereocenters. The Morgan fingerprint density at radius 1 is 1.42 bits per heavy atom. The van der Waals surface area contributed by atoms with Crippen LogP contribution in [0.25, 0.3) is 0 Å². The highest BCUT2D eigenvalue weighted by atomic mass is 35.5. The Kier molecular flexibility index (Phi) is 5.00. The summed E-state index contributed by atoms with van der Waals surface area (Å²) in [5, 5.41) is 8.58. The highest BCUT2D eigenvalue weighted by Gasteiger charge is 2.12. The molecule has 102 valence electrons. The van der Waals surface area contributed by atoms with Crippen molar-refractivity contribution in [3.63, 3.8) is 0 Å². The molecule has 2 aromatic rings. The average Bonchev–Trinajstić information content (AvgIpc) is 2.80. The first-order valence-electron chi connectivity index (χ1n) is 6.65. The van der Waals surface area contributed by atoms with Crippen LogP contribution in [0.5, 0.6) is 0 Å². The number of hydrogen-bond donors (Lipinski definition) is 1. The van der Waals surface area contributed by atoms with E-state index in [1.807, 2.05) is 36.1 Å². The molecule has 0 saturated heterocycles. The molecule has 1 N–H and O–H groups in total. The number of aromatic nitrogens is 2. The van der Waals surface area contributed by atoms with Gasteiger partial charge in [-0.05, 0) is 42.6 Å². The number of nitrogens with zero attached hydrogens (tertiary/aromatic N) is 2. The Morgan fingerprint density at radius 3 is 2.89 bits per heavy atom. The summed E-state index contributed by atoms with van der Waals surface area (Å²) in [5.41, 5.74) is 2.46. The van der Waals surface area contributed by atoms with Crippen LogP contribution in [0.15, 0.2) is 36.7 Å². The highest BCUT2D eigenvalue weighted by Crippen LogP contribution is 2.21. The van der Waals surface area contributed by atoms with Crippen LogP contribution in [-0.2, 0) is 13.5 Å². The molecule has 0 saturated carbocycles. The second-order valence-corrected chi connectivity index (χ2v) is 5.22. The third-order valence-electron chi connectivity index (χ3n) is 3.09. The molecule has 0 fully saturated rings. The SMILES string of the molecule is CCCNC(Cc1cnn(C)c1)c1cccc(Cl)c1. The molecule has 4 heteroatoms. The standard InChI is InChI=1S/C15H20ClN3/c1-3-7-17-15(8-12-10-18-19(2)11-12)13-5-4-6-14(16)9-13/h4-6,9-11,15,17H,3,7-8H2,1-2H3. The van der Waals surface area contributed by atoms with Crippen LogP contribution in [0, 0.1) is 0 Å². The number of aryl methyl sites for hydroxylation is 1. The fourth-order valence-electron chi connectivity index (χ4n) is 2.16. The Balaban J connectivity index is 2.15. The molecule has 1 aromatic carbocycles. The van der Waals surface area contributed by atoms with Gasteiger partial charge in [0.2, 0.25) is 0 Å². The molecule has 2 rings (SSSR count). The van der Waals surface area contributed by atoms with Gasteiger partial charge in [-0.3, -0.25) is 4.68 Å². The Morgan fingerprint density at radius 2 is 2.26 bits per heavy atom. The number of hydrogen-bond acceptors (Lipinski definition) is 2. The molecule has 0 aliphatic rings. The largest absolute Gasteiger partial charge is 0.310 e. The van der Waals surface area contributed by atoms with Gasteiger partial charge in [0, 0.05) is 24.3 Å². The van der Waals surface area contributed by atoms with Gasteiger partial charge in [0.05, 0.1) is 6.20 Å². The zero-order valence-electron chi connectivity index (χ0n) is 11.4. The first-order chi connectivity index (χ1) is 9.19. The zero-order chi connectivity index (χ0) is 13.7. The van der Waals surface area contributed by atoms with Crippen LogP contribution in [0.3, 0.4) is 0 Å². The van der Waals surface area contributed by atoms with E-state index in [-0.39, 0.29) is 6.04 Å². The maximum Gasteiger partial charge on any atom is 0.0522 e. The molecule has 3 nitrogen and oxygen atoms in total. The van der Waals surface area contributed by atoms with E-state index in [1.165, 1.54) is 11.1 Å². The van der Waals surface area contributed by atoms with E-state index < -0.39 is 0 Å². The van der Waals surface area contributed by atoms with Gasteiger partial charge in [0.25, 0.3) is 0 Å². The predicted molar refractivity (Wildman–Crippen MR) is 79.4 cm³/mol. The van der Waals surface area contributed by atoms with Gasteiger partial charge in [-0.2, -0.15) is 5.10 Å². The van der Waals surface area contributed by atoms with Gasteiger partial charge in [0.15, 0.2) is 0 Å².